The average Bonchev–Trinajstić information content (AvgIpc) is 3.27. The number of likely N-dealkylation sites (tertiary alicyclic amines) is 1. The lowest BCUT2D eigenvalue weighted by Gasteiger charge is -2.39. The lowest BCUT2D eigenvalue weighted by atomic mass is 9.88. The van der Waals surface area contributed by atoms with Crippen LogP contribution in [0.3, 0.4) is 0 Å². The molecule has 1 saturated heterocycles. The Morgan fingerprint density at radius 2 is 2.03 bits per heavy atom. The lowest BCUT2D eigenvalue weighted by Crippen LogP contribution is -2.45. The van der Waals surface area contributed by atoms with Gasteiger partial charge in [0.2, 0.25) is 0 Å². The molecule has 30 heavy (non-hydrogen) atoms. The number of methoxy groups -OCH3 is 1. The molecule has 2 N–H and O–H groups in total. The maximum atomic E-state index is 5.67. The van der Waals surface area contributed by atoms with E-state index < -0.39 is 0 Å². The summed E-state index contributed by atoms with van der Waals surface area (Å²) in [5.41, 5.74) is 1.15. The van der Waals surface area contributed by atoms with Crippen molar-refractivity contribution in [1.29, 1.82) is 0 Å². The molecule has 5 nitrogen and oxygen atoms in total. The number of thiophene rings is 1. The van der Waals surface area contributed by atoms with Crippen LogP contribution in [0.2, 0.25) is 0 Å². The van der Waals surface area contributed by atoms with Crippen LogP contribution in [0.1, 0.15) is 42.4 Å². The molecule has 2 heterocycles. The molecular formula is C23H35IN4OS. The van der Waals surface area contributed by atoms with Crippen LogP contribution in [0.4, 0.5) is 0 Å². The maximum absolute atomic E-state index is 5.67. The van der Waals surface area contributed by atoms with Crippen LogP contribution in [-0.4, -0.2) is 51.2 Å². The van der Waals surface area contributed by atoms with E-state index in [0.29, 0.717) is 18.5 Å². The van der Waals surface area contributed by atoms with E-state index in [2.05, 4.69) is 59.2 Å². The summed E-state index contributed by atoms with van der Waals surface area (Å²) < 4.78 is 5.67. The lowest BCUT2D eigenvalue weighted by molar-refractivity contribution is 0.110. The van der Waals surface area contributed by atoms with Gasteiger partial charge in [0.1, 0.15) is 6.10 Å². The first kappa shape index (κ1) is 25.1. The highest BCUT2D eigenvalue weighted by molar-refractivity contribution is 14.0. The number of guanidine groups is 1. The fraction of sp³-hybridized carbons (Fsp3) is 0.522. The summed E-state index contributed by atoms with van der Waals surface area (Å²) >= 11 is 1.86. The molecule has 3 unspecified atom stereocenters. The van der Waals surface area contributed by atoms with E-state index in [9.17, 15) is 0 Å². The third-order valence-corrected chi connectivity index (χ3v) is 6.53. The second-order valence-electron chi connectivity index (χ2n) is 7.58. The maximum Gasteiger partial charge on any atom is 0.191 e. The standard InChI is InChI=1S/C23H34N4OS.HI/c1-4-24-23(26-17-20(28-3)18-10-6-5-7-11-18)25-16-19-12-8-14-27(2)22(19)21-13-9-15-29-21;/h5-7,9-11,13,15,19-20,22H,4,8,12,14,16-17H2,1-3H3,(H2,24,25,26);1H. The van der Waals surface area contributed by atoms with Gasteiger partial charge in [-0.15, -0.1) is 35.3 Å². The predicted molar refractivity (Wildman–Crippen MR) is 138 cm³/mol. The molecule has 0 radical (unpaired) electrons. The SMILES string of the molecule is CCNC(=NCC(OC)c1ccccc1)NCC1CCCN(C)C1c1cccs1.I. The second kappa shape index (κ2) is 13.3. The van der Waals surface area contributed by atoms with Crippen molar-refractivity contribution in [3.05, 3.63) is 58.3 Å². The van der Waals surface area contributed by atoms with Crippen LogP contribution in [0.5, 0.6) is 0 Å². The summed E-state index contributed by atoms with van der Waals surface area (Å²) in [6.45, 7) is 5.62. The van der Waals surface area contributed by atoms with Gasteiger partial charge in [-0.05, 0) is 56.3 Å². The summed E-state index contributed by atoms with van der Waals surface area (Å²) in [4.78, 5) is 8.78. The van der Waals surface area contributed by atoms with E-state index in [4.69, 9.17) is 9.73 Å². The largest absolute Gasteiger partial charge is 0.375 e. The topological polar surface area (TPSA) is 48.9 Å². The van der Waals surface area contributed by atoms with Crippen molar-refractivity contribution in [3.63, 3.8) is 0 Å². The monoisotopic (exact) mass is 542 g/mol. The smallest absolute Gasteiger partial charge is 0.191 e. The Hall–Kier alpha value is -1.16. The summed E-state index contributed by atoms with van der Waals surface area (Å²) in [6, 6.07) is 15.2. The first-order valence-corrected chi connectivity index (χ1v) is 11.4. The molecule has 1 aliphatic heterocycles. The number of nitrogens with one attached hydrogen (secondary N) is 2. The van der Waals surface area contributed by atoms with E-state index >= 15 is 0 Å². The summed E-state index contributed by atoms with van der Waals surface area (Å²) in [7, 11) is 4.00. The van der Waals surface area contributed by atoms with Crippen molar-refractivity contribution in [1.82, 2.24) is 15.5 Å². The zero-order chi connectivity index (χ0) is 20.5. The van der Waals surface area contributed by atoms with Crippen molar-refractivity contribution >= 4 is 41.3 Å². The van der Waals surface area contributed by atoms with Crippen LogP contribution >= 0.6 is 35.3 Å². The van der Waals surface area contributed by atoms with Crippen LogP contribution in [-0.2, 0) is 4.74 Å². The molecule has 166 valence electrons. The number of rotatable bonds is 8. The van der Waals surface area contributed by atoms with Gasteiger partial charge in [0.05, 0.1) is 6.54 Å². The van der Waals surface area contributed by atoms with Gasteiger partial charge in [-0.2, -0.15) is 0 Å². The van der Waals surface area contributed by atoms with E-state index in [0.717, 1.165) is 24.6 Å². The molecule has 1 fully saturated rings. The van der Waals surface area contributed by atoms with E-state index in [1.165, 1.54) is 24.3 Å². The normalized spacial score (nSPS) is 21.0. The van der Waals surface area contributed by atoms with Gasteiger partial charge in [-0.3, -0.25) is 9.89 Å². The minimum absolute atomic E-state index is 0. The molecule has 7 heteroatoms. The van der Waals surface area contributed by atoms with E-state index in [-0.39, 0.29) is 30.1 Å². The number of hydrogen-bond donors (Lipinski definition) is 2. The van der Waals surface area contributed by atoms with Gasteiger partial charge in [0, 0.05) is 31.1 Å². The second-order valence-corrected chi connectivity index (χ2v) is 8.56. The molecule has 0 saturated carbocycles. The summed E-state index contributed by atoms with van der Waals surface area (Å²) in [5, 5.41) is 9.16. The quantitative estimate of drug-likeness (QED) is 0.289. The Kier molecular flexibility index (Phi) is 11.1. The van der Waals surface area contributed by atoms with Gasteiger partial charge < -0.3 is 15.4 Å². The fourth-order valence-electron chi connectivity index (χ4n) is 4.11. The van der Waals surface area contributed by atoms with Crippen molar-refractivity contribution in [3.8, 4) is 0 Å². The molecule has 3 atom stereocenters. The highest BCUT2D eigenvalue weighted by Crippen LogP contribution is 2.36. The van der Waals surface area contributed by atoms with Crippen molar-refractivity contribution in [2.75, 3.05) is 40.3 Å². The van der Waals surface area contributed by atoms with Crippen molar-refractivity contribution in [2.24, 2.45) is 10.9 Å². The molecule has 0 spiro atoms. The van der Waals surface area contributed by atoms with E-state index in [1.807, 2.05) is 29.5 Å². The molecule has 2 aromatic rings. The molecule has 0 amide bonds. The molecule has 1 aliphatic rings. The van der Waals surface area contributed by atoms with Crippen LogP contribution in [0, 0.1) is 5.92 Å². The number of piperidine rings is 1. The molecular weight excluding hydrogens is 507 g/mol. The van der Waals surface area contributed by atoms with Crippen LogP contribution in [0.25, 0.3) is 0 Å². The first-order chi connectivity index (χ1) is 14.2. The number of aliphatic imine (C=N–C) groups is 1. The minimum Gasteiger partial charge on any atom is -0.375 e. The fourth-order valence-corrected chi connectivity index (χ4v) is 5.09. The third kappa shape index (κ3) is 6.93. The summed E-state index contributed by atoms with van der Waals surface area (Å²) in [5.74, 6) is 1.44. The number of ether oxygens (including phenoxy) is 1. The summed E-state index contributed by atoms with van der Waals surface area (Å²) in [6.07, 6.45) is 2.45. The number of halogens is 1. The Labute approximate surface area is 202 Å². The molecule has 1 aromatic carbocycles. The van der Waals surface area contributed by atoms with Crippen LogP contribution < -0.4 is 10.6 Å². The third-order valence-electron chi connectivity index (χ3n) is 5.59. The van der Waals surface area contributed by atoms with Gasteiger partial charge in [0.15, 0.2) is 5.96 Å². The van der Waals surface area contributed by atoms with Crippen molar-refractivity contribution in [2.45, 2.75) is 31.9 Å². The molecule has 1 aromatic heterocycles. The highest BCUT2D eigenvalue weighted by atomic mass is 127. The predicted octanol–water partition coefficient (Wildman–Crippen LogP) is 4.69. The van der Waals surface area contributed by atoms with E-state index in [1.54, 1.807) is 7.11 Å². The molecule has 0 aliphatic carbocycles. The number of nitrogens with zero attached hydrogens (tertiary/aromatic N) is 2. The zero-order valence-electron chi connectivity index (χ0n) is 18.2. The molecule has 0 bridgehead atoms. The van der Waals surface area contributed by atoms with Crippen LogP contribution in [0.15, 0.2) is 52.8 Å². The number of benzene rings is 1. The average molecular weight is 543 g/mol. The Morgan fingerprint density at radius 3 is 2.70 bits per heavy atom. The molecule has 3 rings (SSSR count). The zero-order valence-corrected chi connectivity index (χ0v) is 21.4. The van der Waals surface area contributed by atoms with Gasteiger partial charge in [-0.1, -0.05) is 36.4 Å². The van der Waals surface area contributed by atoms with Gasteiger partial charge in [0.25, 0.3) is 0 Å². The Morgan fingerprint density at radius 1 is 1.23 bits per heavy atom. The Balaban J connectivity index is 0.00000320. The van der Waals surface area contributed by atoms with Gasteiger partial charge >= 0.3 is 0 Å². The Bertz CT molecular complexity index is 741. The van der Waals surface area contributed by atoms with Gasteiger partial charge in [-0.25, -0.2) is 0 Å². The number of hydrogen-bond acceptors (Lipinski definition) is 4. The highest BCUT2D eigenvalue weighted by Gasteiger charge is 2.31. The van der Waals surface area contributed by atoms with Crippen molar-refractivity contribution < 1.29 is 4.74 Å². The first-order valence-electron chi connectivity index (χ1n) is 10.6. The minimum atomic E-state index is -0.0358.